The minimum Gasteiger partial charge on any atom is -0.385 e. The fourth-order valence-corrected chi connectivity index (χ4v) is 1.92. The zero-order chi connectivity index (χ0) is 12.7. The molecular formula is C12H9FN4O. The molecule has 18 heavy (non-hydrogen) atoms. The molecule has 90 valence electrons. The summed E-state index contributed by atoms with van der Waals surface area (Å²) >= 11 is 0. The molecule has 0 radical (unpaired) electrons. The molecule has 1 aromatic carbocycles. The number of nitrogens with one attached hydrogen (secondary N) is 2. The average molecular weight is 244 g/mol. The molecule has 0 atom stereocenters. The molecule has 0 spiro atoms. The van der Waals surface area contributed by atoms with Gasteiger partial charge in [-0.05, 0) is 18.2 Å². The van der Waals surface area contributed by atoms with Crippen LogP contribution in [0.2, 0.25) is 0 Å². The van der Waals surface area contributed by atoms with Gasteiger partial charge in [0.25, 0.3) is 0 Å². The minimum atomic E-state index is -0.527. The van der Waals surface area contributed by atoms with Crippen molar-refractivity contribution in [2.45, 2.75) is 0 Å². The summed E-state index contributed by atoms with van der Waals surface area (Å²) in [4.78, 5) is 14.3. The number of aromatic amines is 2. The molecule has 2 heterocycles. The zero-order valence-electron chi connectivity index (χ0n) is 9.20. The lowest BCUT2D eigenvalue weighted by atomic mass is 10.1. The largest absolute Gasteiger partial charge is 0.385 e. The number of fused-ring (bicyclic) bond motifs is 1. The van der Waals surface area contributed by atoms with Crippen molar-refractivity contribution in [2.24, 2.45) is 0 Å². The minimum absolute atomic E-state index is 0.104. The lowest BCUT2D eigenvalue weighted by Gasteiger charge is -2.05. The van der Waals surface area contributed by atoms with Gasteiger partial charge in [-0.1, -0.05) is 0 Å². The number of anilines is 1. The summed E-state index contributed by atoms with van der Waals surface area (Å²) in [5, 5.41) is 6.71. The Morgan fingerprint density at radius 1 is 1.28 bits per heavy atom. The molecule has 4 N–H and O–H groups in total. The number of nitrogens with zero attached hydrogens (tertiary/aromatic N) is 1. The summed E-state index contributed by atoms with van der Waals surface area (Å²) in [6.07, 6.45) is 1.53. The number of aromatic nitrogens is 3. The van der Waals surface area contributed by atoms with Crippen LogP contribution in [0.5, 0.6) is 0 Å². The van der Waals surface area contributed by atoms with Crippen LogP contribution in [0.4, 0.5) is 10.2 Å². The van der Waals surface area contributed by atoms with Crippen LogP contribution in [0, 0.1) is 5.82 Å². The molecule has 2 aromatic heterocycles. The Kier molecular flexibility index (Phi) is 2.16. The molecule has 0 saturated carbocycles. The van der Waals surface area contributed by atoms with E-state index in [4.69, 9.17) is 5.73 Å². The topological polar surface area (TPSA) is 87.6 Å². The smallest absolute Gasteiger partial charge is 0.191 e. The maximum Gasteiger partial charge on any atom is 0.191 e. The van der Waals surface area contributed by atoms with Crippen molar-refractivity contribution in [3.05, 3.63) is 46.5 Å². The molecule has 0 amide bonds. The third-order valence-electron chi connectivity index (χ3n) is 2.75. The zero-order valence-corrected chi connectivity index (χ0v) is 9.20. The lowest BCUT2D eigenvalue weighted by Crippen LogP contribution is -2.06. The maximum atomic E-state index is 14.3. The second-order valence-electron chi connectivity index (χ2n) is 3.91. The number of hydrogen-bond donors (Lipinski definition) is 3. The fourth-order valence-electron chi connectivity index (χ4n) is 1.92. The molecular weight excluding hydrogens is 235 g/mol. The molecule has 0 saturated heterocycles. The van der Waals surface area contributed by atoms with E-state index in [2.05, 4.69) is 15.2 Å². The quantitative estimate of drug-likeness (QED) is 0.608. The molecule has 0 aliphatic carbocycles. The van der Waals surface area contributed by atoms with Crippen LogP contribution in [0.15, 0.2) is 35.3 Å². The van der Waals surface area contributed by atoms with Gasteiger partial charge in [0, 0.05) is 23.2 Å². The highest BCUT2D eigenvalue weighted by Gasteiger charge is 2.12. The van der Waals surface area contributed by atoms with Crippen molar-refractivity contribution < 1.29 is 4.39 Å². The van der Waals surface area contributed by atoms with E-state index in [1.54, 1.807) is 12.1 Å². The Balaban J connectivity index is 2.39. The normalized spacial score (nSPS) is 10.9. The molecule has 0 aliphatic heterocycles. The van der Waals surface area contributed by atoms with Gasteiger partial charge in [-0.25, -0.2) is 4.39 Å². The molecule has 3 rings (SSSR count). The third kappa shape index (κ3) is 1.46. The highest BCUT2D eigenvalue weighted by atomic mass is 19.1. The van der Waals surface area contributed by atoms with Crippen LogP contribution in [-0.4, -0.2) is 15.2 Å². The summed E-state index contributed by atoms with van der Waals surface area (Å²) in [5.74, 6) is -0.394. The second kappa shape index (κ2) is 3.69. The number of halogens is 1. The van der Waals surface area contributed by atoms with E-state index in [0.717, 1.165) is 0 Å². The van der Waals surface area contributed by atoms with E-state index < -0.39 is 5.82 Å². The van der Waals surface area contributed by atoms with Crippen LogP contribution in [0.1, 0.15) is 0 Å². The van der Waals surface area contributed by atoms with Gasteiger partial charge in [-0.3, -0.25) is 9.89 Å². The number of rotatable bonds is 1. The van der Waals surface area contributed by atoms with Crippen molar-refractivity contribution in [3.63, 3.8) is 0 Å². The Bertz CT molecular complexity index is 777. The first kappa shape index (κ1) is 10.5. The number of nitrogens with two attached hydrogens (primary N) is 1. The summed E-state index contributed by atoms with van der Waals surface area (Å²) in [6.45, 7) is 0. The predicted molar refractivity (Wildman–Crippen MR) is 66.5 cm³/mol. The number of hydrogen-bond acceptors (Lipinski definition) is 3. The van der Waals surface area contributed by atoms with Crippen molar-refractivity contribution >= 4 is 16.7 Å². The number of H-pyrrole nitrogens is 2. The third-order valence-corrected chi connectivity index (χ3v) is 2.75. The lowest BCUT2D eigenvalue weighted by molar-refractivity contribution is 0.639. The predicted octanol–water partition coefficient (Wildman–Crippen LogP) is 1.64. The van der Waals surface area contributed by atoms with E-state index >= 15 is 0 Å². The first-order valence-electron chi connectivity index (χ1n) is 5.27. The van der Waals surface area contributed by atoms with E-state index in [0.29, 0.717) is 11.3 Å². The Morgan fingerprint density at radius 3 is 2.83 bits per heavy atom. The van der Waals surface area contributed by atoms with Crippen LogP contribution in [-0.2, 0) is 0 Å². The molecule has 0 aliphatic rings. The molecule has 3 aromatic rings. The van der Waals surface area contributed by atoms with E-state index in [1.807, 2.05) is 0 Å². The highest BCUT2D eigenvalue weighted by Crippen LogP contribution is 2.25. The van der Waals surface area contributed by atoms with E-state index in [1.165, 1.54) is 18.3 Å². The van der Waals surface area contributed by atoms with Crippen LogP contribution in [0.3, 0.4) is 0 Å². The standard InChI is InChI=1S/C12H9FN4O/c13-11-6(8-3-4-15-17-8)1-2-7-9(18)5-10(14)16-12(7)11/h1-5H,(H,15,17)(H3,14,16,18). The van der Waals surface area contributed by atoms with Crippen LogP contribution in [0.25, 0.3) is 22.2 Å². The average Bonchev–Trinajstić information content (AvgIpc) is 2.84. The molecule has 0 unspecified atom stereocenters. The summed E-state index contributed by atoms with van der Waals surface area (Å²) in [6, 6.07) is 5.98. The van der Waals surface area contributed by atoms with Gasteiger partial charge in [-0.15, -0.1) is 0 Å². The van der Waals surface area contributed by atoms with Gasteiger partial charge >= 0.3 is 0 Å². The summed E-state index contributed by atoms with van der Waals surface area (Å²) < 4.78 is 14.3. The first-order valence-corrected chi connectivity index (χ1v) is 5.27. The summed E-state index contributed by atoms with van der Waals surface area (Å²) in [5.41, 5.74) is 6.19. The van der Waals surface area contributed by atoms with Gasteiger partial charge in [0.15, 0.2) is 11.2 Å². The highest BCUT2D eigenvalue weighted by molar-refractivity contribution is 5.85. The number of nitrogen functional groups attached to an aromatic ring is 1. The first-order chi connectivity index (χ1) is 8.66. The molecule has 0 fully saturated rings. The number of benzene rings is 1. The van der Waals surface area contributed by atoms with E-state index in [9.17, 15) is 9.18 Å². The van der Waals surface area contributed by atoms with Gasteiger partial charge in [-0.2, -0.15) is 5.10 Å². The maximum absolute atomic E-state index is 14.3. The Labute approximate surface area is 100 Å². The van der Waals surface area contributed by atoms with Crippen molar-refractivity contribution in [2.75, 3.05) is 5.73 Å². The van der Waals surface area contributed by atoms with Crippen molar-refractivity contribution in [1.82, 2.24) is 15.2 Å². The molecule has 0 bridgehead atoms. The molecule has 6 heteroatoms. The van der Waals surface area contributed by atoms with Gasteiger partial charge < -0.3 is 10.7 Å². The SMILES string of the molecule is Nc1cc(=O)c2ccc(-c3ccn[nH]3)c(F)c2[nH]1. The van der Waals surface area contributed by atoms with E-state index in [-0.39, 0.29) is 22.1 Å². The Hall–Kier alpha value is -2.63. The van der Waals surface area contributed by atoms with Crippen LogP contribution >= 0.6 is 0 Å². The van der Waals surface area contributed by atoms with Crippen molar-refractivity contribution in [1.29, 1.82) is 0 Å². The van der Waals surface area contributed by atoms with Gasteiger partial charge in [0.2, 0.25) is 0 Å². The van der Waals surface area contributed by atoms with Crippen molar-refractivity contribution in [3.8, 4) is 11.3 Å². The van der Waals surface area contributed by atoms with Gasteiger partial charge in [0.05, 0.1) is 11.2 Å². The van der Waals surface area contributed by atoms with Gasteiger partial charge in [0.1, 0.15) is 5.82 Å². The molecule has 5 nitrogen and oxygen atoms in total. The van der Waals surface area contributed by atoms with Crippen LogP contribution < -0.4 is 11.2 Å². The second-order valence-corrected chi connectivity index (χ2v) is 3.91. The number of pyridine rings is 1. The Morgan fingerprint density at radius 2 is 2.11 bits per heavy atom. The summed E-state index contributed by atoms with van der Waals surface area (Å²) in [7, 11) is 0. The fraction of sp³-hybridized carbons (Fsp3) is 0. The monoisotopic (exact) mass is 244 g/mol.